The van der Waals surface area contributed by atoms with E-state index in [9.17, 15) is 0 Å². The van der Waals surface area contributed by atoms with Gasteiger partial charge in [0.2, 0.25) is 0 Å². The summed E-state index contributed by atoms with van der Waals surface area (Å²) in [5, 5.41) is 0. The van der Waals surface area contributed by atoms with Crippen molar-refractivity contribution in [3.8, 4) is 0 Å². The summed E-state index contributed by atoms with van der Waals surface area (Å²) in [6.07, 6.45) is 0. The molecule has 0 unspecified atom stereocenters. The number of rotatable bonds is 0. The van der Waals surface area contributed by atoms with E-state index in [1.54, 1.807) is 0 Å². The molecule has 0 atom stereocenters. The van der Waals surface area contributed by atoms with Crippen LogP contribution >= 0.6 is 10.5 Å². The maximum absolute atomic E-state index is 4.11. The Hall–Kier alpha value is 3.09. The second-order valence-electron chi connectivity index (χ2n) is 0. The molecule has 4 heteroatoms. The molecule has 0 nitrogen and oxygen atoms in total. The molecule has 0 bridgehead atoms. The van der Waals surface area contributed by atoms with Crippen LogP contribution in [0.2, 0.25) is 0 Å². The molecule has 0 radical (unpaired) electrons. The first kappa shape index (κ1) is 15.7. The van der Waals surface area contributed by atoms with E-state index in [-0.39, 0.29) is 77.6 Å². The van der Waals surface area contributed by atoms with Crippen LogP contribution in [0.4, 0.5) is 0 Å². The number of hydrogen-bond donors (Lipinski definition) is 0. The predicted molar refractivity (Wildman–Crippen MR) is 30.7 cm³/mol. The quantitative estimate of drug-likeness (QED) is 0.510. The summed E-state index contributed by atoms with van der Waals surface area (Å²) in [6, 6.07) is 0. The maximum atomic E-state index is 4.11. The Morgan fingerprint density at radius 3 is 1.50 bits per heavy atom. The van der Waals surface area contributed by atoms with Gasteiger partial charge in [0.1, 0.15) is 0 Å². The van der Waals surface area contributed by atoms with Gasteiger partial charge in [-0.05, 0) is 0 Å². The van der Waals surface area contributed by atoms with Crippen molar-refractivity contribution in [2.45, 2.75) is 0 Å². The predicted octanol–water partition coefficient (Wildman–Crippen LogP) is -0.312. The van der Waals surface area contributed by atoms with Crippen molar-refractivity contribution in [1.29, 1.82) is 0 Å². The summed E-state index contributed by atoms with van der Waals surface area (Å²) in [5.74, 6) is 0. The Labute approximate surface area is 101 Å². The van der Waals surface area contributed by atoms with Gasteiger partial charge in [0.05, 0.1) is 0 Å². The summed E-state index contributed by atoms with van der Waals surface area (Å²) in [5.41, 5.74) is 0. The van der Waals surface area contributed by atoms with Gasteiger partial charge in [-0.25, -0.2) is 0 Å². The Balaban J connectivity index is -0.000000000333. The zero-order valence-electron chi connectivity index (χ0n) is 6.53. The fourth-order valence-electron chi connectivity index (χ4n) is 0. The molecule has 0 aromatic carbocycles. The van der Waals surface area contributed by atoms with Gasteiger partial charge in [0.25, 0.3) is 0 Å². The molecule has 18 valence electrons. The second kappa shape index (κ2) is 16.5. The molecule has 0 N–H and O–H groups in total. The average molecular weight is 226 g/mol. The minimum Gasteiger partial charge on any atom is -1.00 e. The molecule has 0 saturated carbocycles. The fraction of sp³-hybridized carbons (Fsp3) is 0. The monoisotopic (exact) mass is 226 g/mol. The van der Waals surface area contributed by atoms with Crippen LogP contribution in [0.25, 0.3) is 0 Å². The second-order valence-corrected chi connectivity index (χ2v) is 0. The molecule has 0 amide bonds. The average Bonchev–Trinajstić information content (AvgIpc) is 1.00. The topological polar surface area (TPSA) is 0 Å². The molecular weight excluding hydrogens is 221 g/mol. The first-order valence-electron chi connectivity index (χ1n) is 0.289. The van der Waals surface area contributed by atoms with Crippen LogP contribution in [0.3, 0.4) is 0 Å². The third kappa shape index (κ3) is 8.92. The minimum atomic E-state index is 0. The zero-order valence-corrected chi connectivity index (χ0v) is 10.6. The van der Waals surface area contributed by atoms with Crippen LogP contribution < -0.4 is 0 Å². The molecule has 0 rings (SSSR count). The zero-order chi connectivity index (χ0) is 2.00. The maximum Gasteiger partial charge on any atom is 2.00 e. The molecule has 4 heavy (non-hydrogen) atoms. The molecule has 0 fully saturated rings. The van der Waals surface area contributed by atoms with E-state index in [1.165, 1.54) is 14.6 Å². The van der Waals surface area contributed by atoms with E-state index in [4.69, 9.17) is 0 Å². The van der Waals surface area contributed by atoms with E-state index >= 15 is 0 Å². The smallest absolute Gasteiger partial charge is 1.00 e. The normalized spacial score (nSPS) is 0.750. The van der Waals surface area contributed by atoms with Crippen molar-refractivity contribution in [2.75, 3.05) is 0 Å². The third-order valence-corrected chi connectivity index (χ3v) is 0. The van der Waals surface area contributed by atoms with Crippen molar-refractivity contribution in [3.05, 3.63) is 0 Å². The summed E-state index contributed by atoms with van der Waals surface area (Å²) in [6.45, 7) is 0. The van der Waals surface area contributed by atoms with Crippen LogP contribution in [0.1, 0.15) is 5.71 Å². The molecule has 0 aromatic rings. The van der Waals surface area contributed by atoms with E-state index in [0.717, 1.165) is 0 Å². The molecule has 0 heterocycles. The van der Waals surface area contributed by atoms with E-state index in [1.807, 2.05) is 0 Å². The van der Waals surface area contributed by atoms with Gasteiger partial charge in [0, 0.05) is 0 Å². The van der Waals surface area contributed by atoms with Crippen LogP contribution in [-0.2, 0) is 0 Å². The van der Waals surface area contributed by atoms with Gasteiger partial charge in [-0.3, -0.25) is 0 Å². The van der Waals surface area contributed by atoms with Crippen LogP contribution in [0, 0.1) is 0 Å². The fourth-order valence-corrected chi connectivity index (χ4v) is 0. The standard InChI is InChI=1S/Al.Ba.Mg.S.5H/q;2*+2;;;4*-1. The van der Waals surface area contributed by atoms with E-state index in [2.05, 4.69) is 10.5 Å². The van der Waals surface area contributed by atoms with Crippen LogP contribution in [0.15, 0.2) is 0 Å². The molecular formula is H5AlBaMgS. The minimum absolute atomic E-state index is 0. The summed E-state index contributed by atoms with van der Waals surface area (Å²) in [7, 11) is 4.11. The first-order chi connectivity index (χ1) is 1.00. The Kier molecular flexibility index (Phi) is 64.9. The van der Waals surface area contributed by atoms with E-state index in [0.29, 0.717) is 0 Å². The molecule has 0 aliphatic carbocycles. The SMILES string of the molecule is [AlH]=[S].[Ba+2].[H-].[H-].[H-].[H-].[Mg+2]. The van der Waals surface area contributed by atoms with Gasteiger partial charge in [-0.15, -0.1) is 0 Å². The van der Waals surface area contributed by atoms with Crippen LogP contribution in [-0.4, -0.2) is 86.6 Å². The van der Waals surface area contributed by atoms with Crippen molar-refractivity contribution in [2.24, 2.45) is 0 Å². The van der Waals surface area contributed by atoms with Gasteiger partial charge < -0.3 is 5.71 Å². The molecule has 0 aromatic heterocycles. The van der Waals surface area contributed by atoms with Crippen molar-refractivity contribution < 1.29 is 5.71 Å². The third-order valence-electron chi connectivity index (χ3n) is 0. The summed E-state index contributed by atoms with van der Waals surface area (Å²) >= 11 is 1.44. The van der Waals surface area contributed by atoms with Gasteiger partial charge in [0.15, 0.2) is 0 Å². The molecule has 0 saturated heterocycles. The Morgan fingerprint density at radius 1 is 1.50 bits per heavy atom. The summed E-state index contributed by atoms with van der Waals surface area (Å²) in [4.78, 5) is 0. The first-order valence-corrected chi connectivity index (χ1v) is 2.60. The van der Waals surface area contributed by atoms with Crippen molar-refractivity contribution in [3.63, 3.8) is 0 Å². The summed E-state index contributed by atoms with van der Waals surface area (Å²) < 4.78 is 0. The van der Waals surface area contributed by atoms with Crippen molar-refractivity contribution in [1.82, 2.24) is 0 Å². The Morgan fingerprint density at radius 2 is 1.50 bits per heavy atom. The number of hydrogen-bond acceptors (Lipinski definition) is 1. The molecule has 0 aliphatic heterocycles. The van der Waals surface area contributed by atoms with Gasteiger partial charge in [-0.1, -0.05) is 0 Å². The van der Waals surface area contributed by atoms with E-state index < -0.39 is 0 Å². The molecule has 0 aliphatic rings. The molecule has 0 spiro atoms. The van der Waals surface area contributed by atoms with Gasteiger partial charge >= 0.3 is 97.1 Å². The van der Waals surface area contributed by atoms with Gasteiger partial charge in [-0.2, -0.15) is 0 Å². The largest absolute Gasteiger partial charge is 2.00 e. The van der Waals surface area contributed by atoms with Crippen LogP contribution in [0.5, 0.6) is 0 Å². The Bertz CT molecular complexity index is 16.0. The van der Waals surface area contributed by atoms with Crippen molar-refractivity contribution >= 4 is 97.1 Å².